The molecule has 2 heterocycles. The zero-order valence-corrected chi connectivity index (χ0v) is 20.8. The van der Waals surface area contributed by atoms with Crippen LogP contribution in [0.1, 0.15) is 25.3 Å². The highest BCUT2D eigenvalue weighted by Crippen LogP contribution is 2.21. The summed E-state index contributed by atoms with van der Waals surface area (Å²) in [6.45, 7) is 7.10. The van der Waals surface area contributed by atoms with Gasteiger partial charge in [-0.2, -0.15) is 10.1 Å². The van der Waals surface area contributed by atoms with Crippen LogP contribution < -0.4 is 16.2 Å². The molecular weight excluding hydrogens is 460 g/mol. The van der Waals surface area contributed by atoms with E-state index in [9.17, 15) is 9.59 Å². The smallest absolute Gasteiger partial charge is 0.411 e. The molecule has 0 aliphatic rings. The van der Waals surface area contributed by atoms with Crippen LogP contribution in [0.15, 0.2) is 70.0 Å². The Labute approximate surface area is 209 Å². The molecule has 0 bridgehead atoms. The van der Waals surface area contributed by atoms with Crippen molar-refractivity contribution in [3.8, 4) is 22.6 Å². The minimum atomic E-state index is -0.409. The van der Waals surface area contributed by atoms with E-state index in [4.69, 9.17) is 9.26 Å². The Bertz CT molecular complexity index is 1330. The normalized spacial score (nSPS) is 10.3. The number of hydrogen-bond donors (Lipinski definition) is 2. The summed E-state index contributed by atoms with van der Waals surface area (Å²) >= 11 is 0. The van der Waals surface area contributed by atoms with Gasteiger partial charge in [0.15, 0.2) is 0 Å². The molecule has 0 spiro atoms. The van der Waals surface area contributed by atoms with Crippen molar-refractivity contribution in [2.24, 2.45) is 0 Å². The molecule has 0 atom stereocenters. The van der Waals surface area contributed by atoms with Crippen LogP contribution in [0.4, 0.5) is 10.5 Å². The molecule has 2 aromatic heterocycles. The van der Waals surface area contributed by atoms with E-state index < -0.39 is 6.09 Å². The number of rotatable bonds is 7. The average molecular weight is 491 g/mol. The molecule has 0 saturated carbocycles. The predicted molar refractivity (Wildman–Crippen MR) is 137 cm³/mol. The van der Waals surface area contributed by atoms with Gasteiger partial charge in [-0.3, -0.25) is 10.1 Å². The van der Waals surface area contributed by atoms with E-state index in [2.05, 4.69) is 25.9 Å². The maximum atomic E-state index is 11.6. The van der Waals surface area contributed by atoms with E-state index in [0.29, 0.717) is 31.4 Å². The van der Waals surface area contributed by atoms with E-state index in [1.165, 1.54) is 10.7 Å². The second-order valence-corrected chi connectivity index (χ2v) is 7.71. The van der Waals surface area contributed by atoms with Crippen molar-refractivity contribution in [3.05, 3.63) is 82.5 Å². The van der Waals surface area contributed by atoms with Crippen molar-refractivity contribution in [1.82, 2.24) is 25.2 Å². The maximum Gasteiger partial charge on any atom is 0.411 e. The monoisotopic (exact) mass is 490 g/mol. The molecule has 1 amide bonds. The van der Waals surface area contributed by atoms with Gasteiger partial charge in [-0.05, 0) is 51.6 Å². The fourth-order valence-electron chi connectivity index (χ4n) is 3.22. The molecule has 0 aliphatic heterocycles. The first kappa shape index (κ1) is 26.3. The summed E-state index contributed by atoms with van der Waals surface area (Å²) in [5.74, 6) is 1.09. The van der Waals surface area contributed by atoms with Crippen LogP contribution in [0, 0.1) is 6.92 Å². The molecule has 0 saturated heterocycles. The Morgan fingerprint density at radius 3 is 2.47 bits per heavy atom. The fourth-order valence-corrected chi connectivity index (χ4v) is 3.22. The first-order valence-electron chi connectivity index (χ1n) is 11.6. The summed E-state index contributed by atoms with van der Waals surface area (Å²) in [5, 5.41) is 13.9. The number of amides is 1. The van der Waals surface area contributed by atoms with Crippen molar-refractivity contribution in [2.45, 2.75) is 33.9 Å². The summed E-state index contributed by atoms with van der Waals surface area (Å²) in [5.41, 5.74) is 4.31. The van der Waals surface area contributed by atoms with Crippen molar-refractivity contribution >= 4 is 11.8 Å². The molecule has 2 aromatic carbocycles. The third-order valence-electron chi connectivity index (χ3n) is 4.94. The highest BCUT2D eigenvalue weighted by molar-refractivity contribution is 5.84. The number of aromatic nitrogens is 4. The fraction of sp³-hybridized carbons (Fsp3) is 0.269. The molecule has 4 rings (SSSR count). The van der Waals surface area contributed by atoms with E-state index >= 15 is 0 Å². The Kier molecular flexibility index (Phi) is 9.47. The van der Waals surface area contributed by atoms with Gasteiger partial charge in [0.1, 0.15) is 0 Å². The number of aryl methyl sites for hydroxylation is 2. The molecule has 0 unspecified atom stereocenters. The van der Waals surface area contributed by atoms with Gasteiger partial charge in [-0.1, -0.05) is 41.6 Å². The van der Waals surface area contributed by atoms with Crippen LogP contribution in [0.2, 0.25) is 0 Å². The van der Waals surface area contributed by atoms with Crippen LogP contribution in [0.5, 0.6) is 0 Å². The largest absolute Gasteiger partial charge is 0.450 e. The minimum absolute atomic E-state index is 0.100. The second-order valence-electron chi connectivity index (χ2n) is 7.71. The first-order chi connectivity index (χ1) is 17.4. The number of anilines is 1. The summed E-state index contributed by atoms with van der Waals surface area (Å²) in [7, 11) is 1.82. The molecule has 4 aromatic rings. The highest BCUT2D eigenvalue weighted by atomic mass is 16.5. The quantitative estimate of drug-likeness (QED) is 0.394. The van der Waals surface area contributed by atoms with E-state index in [0.717, 1.165) is 28.1 Å². The van der Waals surface area contributed by atoms with Crippen molar-refractivity contribution in [2.75, 3.05) is 19.0 Å². The number of hydrogen-bond acceptors (Lipinski definition) is 8. The number of carbonyl (C=O) groups excluding carboxylic acids is 1. The lowest BCUT2D eigenvalue weighted by molar-refractivity contribution is 0.168. The topological polar surface area (TPSA) is 124 Å². The van der Waals surface area contributed by atoms with E-state index in [-0.39, 0.29) is 5.56 Å². The molecule has 10 nitrogen and oxygen atoms in total. The summed E-state index contributed by atoms with van der Waals surface area (Å²) in [4.78, 5) is 26.9. The zero-order valence-electron chi connectivity index (χ0n) is 20.8. The Balaban J connectivity index is 0.000000236. The molecule has 10 heteroatoms. The molecule has 0 fully saturated rings. The maximum absolute atomic E-state index is 11.6. The van der Waals surface area contributed by atoms with Crippen LogP contribution in [0.25, 0.3) is 22.6 Å². The summed E-state index contributed by atoms with van der Waals surface area (Å²) in [6.07, 6.45) is -0.409. The van der Waals surface area contributed by atoms with Gasteiger partial charge in [0.25, 0.3) is 5.56 Å². The second kappa shape index (κ2) is 13.0. The number of carbonyl (C=O) groups is 1. The van der Waals surface area contributed by atoms with Gasteiger partial charge in [-0.25, -0.2) is 9.48 Å². The number of nitrogens with one attached hydrogen (secondary N) is 2. The SMILES string of the molecule is CCOC(=O)Nc1cccc(C)c1.CCn1nc(-c2ccc(-c3noc(CNC)n3)cc2)ccc1=O. The third-order valence-corrected chi connectivity index (χ3v) is 4.94. The van der Waals surface area contributed by atoms with Gasteiger partial charge in [0.05, 0.1) is 18.8 Å². The molecular formula is C26H30N6O4. The van der Waals surface area contributed by atoms with Crippen LogP contribution in [0.3, 0.4) is 0 Å². The predicted octanol–water partition coefficient (Wildman–Crippen LogP) is 4.26. The molecule has 36 heavy (non-hydrogen) atoms. The van der Waals surface area contributed by atoms with Gasteiger partial charge in [0, 0.05) is 29.4 Å². The van der Waals surface area contributed by atoms with Gasteiger partial charge < -0.3 is 14.6 Å². The number of ether oxygens (including phenoxy) is 1. The lowest BCUT2D eigenvalue weighted by Gasteiger charge is -2.05. The lowest BCUT2D eigenvalue weighted by Crippen LogP contribution is -2.20. The first-order valence-corrected chi connectivity index (χ1v) is 11.6. The van der Waals surface area contributed by atoms with E-state index in [1.807, 2.05) is 69.4 Å². The lowest BCUT2D eigenvalue weighted by atomic mass is 10.1. The Hall–Kier alpha value is -4.31. The van der Waals surface area contributed by atoms with Crippen LogP contribution >= 0.6 is 0 Å². The van der Waals surface area contributed by atoms with Crippen molar-refractivity contribution in [3.63, 3.8) is 0 Å². The third kappa shape index (κ3) is 7.34. The van der Waals surface area contributed by atoms with Crippen molar-refractivity contribution < 1.29 is 14.1 Å². The Morgan fingerprint density at radius 2 is 1.81 bits per heavy atom. The molecule has 188 valence electrons. The van der Waals surface area contributed by atoms with E-state index in [1.54, 1.807) is 13.0 Å². The molecule has 0 aliphatic carbocycles. The highest BCUT2D eigenvalue weighted by Gasteiger charge is 2.09. The summed E-state index contributed by atoms with van der Waals surface area (Å²) < 4.78 is 11.3. The standard InChI is InChI=1S/C16H17N5O2.C10H13NO2/c1-3-21-15(22)9-8-13(19-21)11-4-6-12(7-5-11)16-18-14(10-17-2)23-20-16;1-3-13-10(12)11-9-6-4-5-8(2)7-9/h4-9,17H,3,10H2,1-2H3;4-7H,3H2,1-2H3,(H,11,12). The van der Waals surface area contributed by atoms with Crippen LogP contribution in [-0.4, -0.2) is 39.7 Å². The van der Waals surface area contributed by atoms with Gasteiger partial charge in [-0.15, -0.1) is 0 Å². The summed E-state index contributed by atoms with van der Waals surface area (Å²) in [6, 6.07) is 18.5. The Morgan fingerprint density at radius 1 is 1.06 bits per heavy atom. The number of nitrogens with zero attached hydrogens (tertiary/aromatic N) is 4. The zero-order chi connectivity index (χ0) is 25.9. The molecule has 2 N–H and O–H groups in total. The number of benzene rings is 2. The van der Waals surface area contributed by atoms with Crippen LogP contribution in [-0.2, 0) is 17.8 Å². The average Bonchev–Trinajstić information content (AvgIpc) is 3.34. The molecule has 0 radical (unpaired) electrons. The van der Waals surface area contributed by atoms with Gasteiger partial charge >= 0.3 is 6.09 Å². The van der Waals surface area contributed by atoms with Gasteiger partial charge in [0.2, 0.25) is 11.7 Å². The van der Waals surface area contributed by atoms with Crippen molar-refractivity contribution in [1.29, 1.82) is 0 Å². The minimum Gasteiger partial charge on any atom is -0.450 e.